The van der Waals surface area contributed by atoms with Crippen LogP contribution in [0.5, 0.6) is 0 Å². The lowest BCUT2D eigenvalue weighted by molar-refractivity contribution is 0.0930. The number of ether oxygens (including phenoxy) is 1. The lowest BCUT2D eigenvalue weighted by atomic mass is 10.2. The zero-order chi connectivity index (χ0) is 20.2. The fourth-order valence-corrected chi connectivity index (χ4v) is 2.65. The van der Waals surface area contributed by atoms with E-state index in [0.29, 0.717) is 36.8 Å². The molecular weight excluding hydrogens is 378 g/mol. The molecule has 2 amide bonds. The van der Waals surface area contributed by atoms with Crippen molar-refractivity contribution < 1.29 is 14.3 Å². The van der Waals surface area contributed by atoms with Crippen molar-refractivity contribution in [2.75, 3.05) is 19.6 Å². The molecule has 2 aromatic rings. The Morgan fingerprint density at radius 3 is 2.54 bits per heavy atom. The summed E-state index contributed by atoms with van der Waals surface area (Å²) in [6.07, 6.45) is 3.64. The normalized spacial score (nSPS) is 10.4. The number of unbranched alkanes of at least 4 members (excludes halogenated alkanes) is 1. The van der Waals surface area contributed by atoms with E-state index in [-0.39, 0.29) is 18.6 Å². The van der Waals surface area contributed by atoms with Crippen molar-refractivity contribution in [2.24, 2.45) is 0 Å². The molecule has 0 unspecified atom stereocenters. The summed E-state index contributed by atoms with van der Waals surface area (Å²) >= 11 is 5.72. The van der Waals surface area contributed by atoms with E-state index in [2.05, 4.69) is 17.2 Å². The van der Waals surface area contributed by atoms with Gasteiger partial charge in [-0.05, 0) is 30.5 Å². The molecule has 1 aromatic carbocycles. The number of rotatable bonds is 10. The van der Waals surface area contributed by atoms with Crippen molar-refractivity contribution in [3.63, 3.8) is 0 Å². The molecule has 1 N–H and O–H groups in total. The molecule has 7 heteroatoms. The molecule has 1 aromatic heterocycles. The van der Waals surface area contributed by atoms with E-state index in [4.69, 9.17) is 16.3 Å². The van der Waals surface area contributed by atoms with Gasteiger partial charge in [0.25, 0.3) is 5.91 Å². The number of amides is 2. The Kier molecular flexibility index (Phi) is 9.28. The fourth-order valence-electron chi connectivity index (χ4n) is 2.54. The van der Waals surface area contributed by atoms with Gasteiger partial charge in [0.2, 0.25) is 0 Å². The van der Waals surface area contributed by atoms with E-state index in [1.54, 1.807) is 17.0 Å². The highest BCUT2D eigenvalue weighted by atomic mass is 35.5. The molecule has 0 atom stereocenters. The van der Waals surface area contributed by atoms with Crippen LogP contribution in [0.3, 0.4) is 0 Å². The molecule has 0 aliphatic rings. The van der Waals surface area contributed by atoms with E-state index in [1.165, 1.54) is 6.20 Å². The van der Waals surface area contributed by atoms with Gasteiger partial charge in [-0.25, -0.2) is 9.78 Å². The Balaban J connectivity index is 1.76. The number of halogens is 1. The summed E-state index contributed by atoms with van der Waals surface area (Å²) in [5.74, 6) is -0.212. The summed E-state index contributed by atoms with van der Waals surface area (Å²) < 4.78 is 5.42. The van der Waals surface area contributed by atoms with Crippen LogP contribution >= 0.6 is 11.6 Å². The molecule has 0 bridgehead atoms. The lowest BCUT2D eigenvalue weighted by Gasteiger charge is -2.22. The van der Waals surface area contributed by atoms with E-state index in [9.17, 15) is 9.59 Å². The summed E-state index contributed by atoms with van der Waals surface area (Å²) in [7, 11) is 0. The molecule has 6 nitrogen and oxygen atoms in total. The quantitative estimate of drug-likeness (QED) is 0.474. The minimum absolute atomic E-state index is 0.212. The van der Waals surface area contributed by atoms with Gasteiger partial charge in [0.1, 0.15) is 11.8 Å². The molecule has 150 valence electrons. The summed E-state index contributed by atoms with van der Waals surface area (Å²) in [6, 6.07) is 12.8. The molecular formula is C21H26ClN3O3. The summed E-state index contributed by atoms with van der Waals surface area (Å²) in [4.78, 5) is 30.1. The molecule has 0 saturated carbocycles. The van der Waals surface area contributed by atoms with Crippen LogP contribution in [0.1, 0.15) is 42.1 Å². The Bertz CT molecular complexity index is 738. The highest BCUT2D eigenvalue weighted by Gasteiger charge is 2.14. The number of nitrogens with zero attached hydrogens (tertiary/aromatic N) is 2. The van der Waals surface area contributed by atoms with E-state index < -0.39 is 0 Å². The SMILES string of the molecule is CCCCN(CCCNC(=O)c1ccc(Cl)nc1)C(=O)OCc1ccccc1. The van der Waals surface area contributed by atoms with E-state index in [0.717, 1.165) is 18.4 Å². The van der Waals surface area contributed by atoms with Crippen LogP contribution in [0.15, 0.2) is 48.7 Å². The van der Waals surface area contributed by atoms with Crippen molar-refractivity contribution >= 4 is 23.6 Å². The highest BCUT2D eigenvalue weighted by molar-refractivity contribution is 6.29. The molecule has 0 radical (unpaired) electrons. The minimum Gasteiger partial charge on any atom is -0.445 e. The molecule has 0 aliphatic carbocycles. The average molecular weight is 404 g/mol. The van der Waals surface area contributed by atoms with Gasteiger partial charge in [-0.1, -0.05) is 55.3 Å². The second-order valence-electron chi connectivity index (χ2n) is 6.36. The van der Waals surface area contributed by atoms with Gasteiger partial charge >= 0.3 is 6.09 Å². The second kappa shape index (κ2) is 12.0. The monoisotopic (exact) mass is 403 g/mol. The Labute approximate surface area is 170 Å². The van der Waals surface area contributed by atoms with E-state index in [1.807, 2.05) is 30.3 Å². The van der Waals surface area contributed by atoms with Gasteiger partial charge in [0.05, 0.1) is 5.56 Å². The van der Waals surface area contributed by atoms with E-state index >= 15 is 0 Å². The van der Waals surface area contributed by atoms with Gasteiger partial charge in [-0.2, -0.15) is 0 Å². The number of hydrogen-bond acceptors (Lipinski definition) is 4. The maximum atomic E-state index is 12.4. The first-order valence-electron chi connectivity index (χ1n) is 9.45. The van der Waals surface area contributed by atoms with Gasteiger partial charge in [-0.15, -0.1) is 0 Å². The molecule has 0 aliphatic heterocycles. The smallest absolute Gasteiger partial charge is 0.410 e. The predicted molar refractivity (Wildman–Crippen MR) is 109 cm³/mol. The first-order valence-corrected chi connectivity index (χ1v) is 9.83. The number of hydrogen-bond donors (Lipinski definition) is 1. The van der Waals surface area contributed by atoms with Crippen molar-refractivity contribution in [3.8, 4) is 0 Å². The maximum absolute atomic E-state index is 12.4. The highest BCUT2D eigenvalue weighted by Crippen LogP contribution is 2.07. The van der Waals surface area contributed by atoms with Gasteiger partial charge in [0.15, 0.2) is 0 Å². The Morgan fingerprint density at radius 1 is 1.11 bits per heavy atom. The van der Waals surface area contributed by atoms with Gasteiger partial charge in [-0.3, -0.25) is 4.79 Å². The molecule has 1 heterocycles. The van der Waals surface area contributed by atoms with Crippen LogP contribution in [-0.2, 0) is 11.3 Å². The number of carbonyl (C=O) groups is 2. The lowest BCUT2D eigenvalue weighted by Crippen LogP contribution is -2.35. The number of pyridine rings is 1. The minimum atomic E-state index is -0.328. The van der Waals surface area contributed by atoms with Gasteiger partial charge in [0, 0.05) is 25.8 Å². The number of carbonyl (C=O) groups excluding carboxylic acids is 2. The third kappa shape index (κ3) is 7.56. The number of aromatic nitrogens is 1. The first kappa shape index (κ1) is 21.7. The molecule has 0 spiro atoms. The standard InChI is InChI=1S/C21H26ClN3O3/c1-2-3-13-25(21(27)28-16-17-8-5-4-6-9-17)14-7-12-23-20(26)18-10-11-19(22)24-15-18/h4-6,8-11,15H,2-3,7,12-14,16H2,1H3,(H,23,26). The maximum Gasteiger partial charge on any atom is 0.410 e. The molecule has 2 rings (SSSR count). The average Bonchev–Trinajstić information content (AvgIpc) is 2.72. The summed E-state index contributed by atoms with van der Waals surface area (Å²) in [5, 5.41) is 3.17. The molecule has 0 fully saturated rings. The van der Waals surface area contributed by atoms with Crippen LogP contribution in [0.2, 0.25) is 5.15 Å². The molecule has 28 heavy (non-hydrogen) atoms. The van der Waals surface area contributed by atoms with Crippen LogP contribution in [0.4, 0.5) is 4.79 Å². The zero-order valence-corrected chi connectivity index (χ0v) is 16.8. The van der Waals surface area contributed by atoms with Crippen LogP contribution in [-0.4, -0.2) is 41.5 Å². The third-order valence-corrected chi connectivity index (χ3v) is 4.35. The first-order chi connectivity index (χ1) is 13.6. The summed E-state index contributed by atoms with van der Waals surface area (Å²) in [5.41, 5.74) is 1.41. The molecule has 0 saturated heterocycles. The van der Waals surface area contributed by atoms with Crippen LogP contribution in [0, 0.1) is 0 Å². The Morgan fingerprint density at radius 2 is 1.86 bits per heavy atom. The van der Waals surface area contributed by atoms with Crippen molar-refractivity contribution in [1.82, 2.24) is 15.2 Å². The Hall–Kier alpha value is -2.60. The topological polar surface area (TPSA) is 71.5 Å². The van der Waals surface area contributed by atoms with Crippen LogP contribution in [0.25, 0.3) is 0 Å². The van der Waals surface area contributed by atoms with Crippen molar-refractivity contribution in [2.45, 2.75) is 32.8 Å². The van der Waals surface area contributed by atoms with Crippen LogP contribution < -0.4 is 5.32 Å². The number of benzene rings is 1. The van der Waals surface area contributed by atoms with Gasteiger partial charge < -0.3 is 15.0 Å². The third-order valence-electron chi connectivity index (χ3n) is 4.12. The number of nitrogens with one attached hydrogen (secondary N) is 1. The summed E-state index contributed by atoms with van der Waals surface area (Å²) in [6.45, 7) is 3.94. The van der Waals surface area contributed by atoms with Crippen molar-refractivity contribution in [3.05, 3.63) is 64.9 Å². The fraction of sp³-hybridized carbons (Fsp3) is 0.381. The second-order valence-corrected chi connectivity index (χ2v) is 6.75. The largest absolute Gasteiger partial charge is 0.445 e. The predicted octanol–water partition coefficient (Wildman–Crippen LogP) is 4.29. The van der Waals surface area contributed by atoms with Crippen molar-refractivity contribution in [1.29, 1.82) is 0 Å². The zero-order valence-electron chi connectivity index (χ0n) is 16.1.